The molecule has 0 aliphatic heterocycles. The topological polar surface area (TPSA) is 104 Å². The zero-order valence-electron chi connectivity index (χ0n) is 11.7. The molecule has 0 aliphatic rings. The molecule has 0 saturated carbocycles. The zero-order chi connectivity index (χ0) is 15.0. The number of nitrogens with zero attached hydrogens (tertiary/aromatic N) is 3. The van der Waals surface area contributed by atoms with Crippen LogP contribution in [0.1, 0.15) is 46.7 Å². The van der Waals surface area contributed by atoms with Gasteiger partial charge >= 0.3 is 11.9 Å². The van der Waals surface area contributed by atoms with Crippen molar-refractivity contribution >= 4 is 11.9 Å². The summed E-state index contributed by atoms with van der Waals surface area (Å²) in [6.45, 7) is 0.614. The molecule has 112 valence electrons. The van der Waals surface area contributed by atoms with Crippen LogP contribution in [-0.4, -0.2) is 52.9 Å². The van der Waals surface area contributed by atoms with Gasteiger partial charge in [0.05, 0.1) is 14.2 Å². The molecule has 0 atom stereocenters. The predicted molar refractivity (Wildman–Crippen MR) is 68.3 cm³/mol. The largest absolute Gasteiger partial charge is 0.464 e. The van der Waals surface area contributed by atoms with E-state index in [4.69, 9.17) is 5.11 Å². The van der Waals surface area contributed by atoms with Crippen LogP contribution in [0.2, 0.25) is 0 Å². The summed E-state index contributed by atoms with van der Waals surface area (Å²) in [6, 6.07) is 0. The van der Waals surface area contributed by atoms with Gasteiger partial charge in [-0.1, -0.05) is 18.1 Å². The summed E-state index contributed by atoms with van der Waals surface area (Å²) in [6.07, 6.45) is 3.28. The molecule has 0 spiro atoms. The van der Waals surface area contributed by atoms with Gasteiger partial charge in [-0.25, -0.2) is 14.3 Å². The van der Waals surface area contributed by atoms with Gasteiger partial charge in [0.2, 0.25) is 5.69 Å². The van der Waals surface area contributed by atoms with Crippen LogP contribution in [0.5, 0.6) is 0 Å². The molecule has 0 bridgehead atoms. The molecule has 1 aromatic rings. The molecular weight excluding hydrogens is 266 g/mol. The lowest BCUT2D eigenvalue weighted by molar-refractivity contribution is 0.0543. The van der Waals surface area contributed by atoms with Gasteiger partial charge in [0.1, 0.15) is 0 Å². The number of unbranched alkanes of at least 4 members (excludes halogenated alkanes) is 3. The van der Waals surface area contributed by atoms with Crippen LogP contribution in [-0.2, 0) is 16.0 Å². The number of esters is 2. The Morgan fingerprint density at radius 2 is 1.75 bits per heavy atom. The van der Waals surface area contributed by atoms with Gasteiger partial charge in [0.25, 0.3) is 0 Å². The van der Waals surface area contributed by atoms with Crippen molar-refractivity contribution in [3.63, 3.8) is 0 Å². The smallest absolute Gasteiger partial charge is 0.361 e. The minimum Gasteiger partial charge on any atom is -0.464 e. The Hall–Kier alpha value is -1.96. The van der Waals surface area contributed by atoms with Crippen molar-refractivity contribution in [2.45, 2.75) is 32.2 Å². The maximum Gasteiger partial charge on any atom is 0.361 e. The molecule has 8 heteroatoms. The lowest BCUT2D eigenvalue weighted by Crippen LogP contribution is -2.16. The average Bonchev–Trinajstić information content (AvgIpc) is 2.89. The fraction of sp³-hybridized carbons (Fsp3) is 0.667. The monoisotopic (exact) mass is 285 g/mol. The number of aliphatic hydroxyl groups excluding tert-OH is 1. The van der Waals surface area contributed by atoms with Gasteiger partial charge in [-0.2, -0.15) is 0 Å². The Morgan fingerprint density at radius 1 is 1.10 bits per heavy atom. The molecule has 0 unspecified atom stereocenters. The average molecular weight is 285 g/mol. The third-order valence-electron chi connectivity index (χ3n) is 2.77. The van der Waals surface area contributed by atoms with Gasteiger partial charge in [-0.15, -0.1) is 5.10 Å². The molecule has 0 saturated heterocycles. The summed E-state index contributed by atoms with van der Waals surface area (Å²) in [5.74, 6) is -1.40. The Balaban J connectivity index is 2.77. The first-order valence-corrected chi connectivity index (χ1v) is 6.36. The van der Waals surface area contributed by atoms with Gasteiger partial charge in [0, 0.05) is 13.2 Å². The number of methoxy groups -OCH3 is 2. The molecule has 1 N–H and O–H groups in total. The number of aromatic nitrogens is 3. The molecule has 0 aromatic carbocycles. The minimum atomic E-state index is -0.725. The first kappa shape index (κ1) is 16.1. The number of rotatable bonds is 8. The Bertz CT molecular complexity index is 458. The number of carbonyl (C=O) groups excluding carboxylic acids is 2. The van der Waals surface area contributed by atoms with E-state index in [9.17, 15) is 9.59 Å². The van der Waals surface area contributed by atoms with Gasteiger partial charge in [-0.05, 0) is 12.8 Å². The Morgan fingerprint density at radius 3 is 2.35 bits per heavy atom. The maximum atomic E-state index is 11.7. The normalized spacial score (nSPS) is 10.3. The number of aliphatic hydroxyl groups is 1. The van der Waals surface area contributed by atoms with Crippen LogP contribution in [0.3, 0.4) is 0 Å². The second-order valence-corrected chi connectivity index (χ2v) is 4.13. The standard InChI is InChI=1S/C12H19N3O5/c1-19-11(17)9-10(12(18)20-2)15(14-13-9)7-5-3-4-6-8-16/h16H,3-8H2,1-2H3. The quantitative estimate of drug-likeness (QED) is 0.544. The van der Waals surface area contributed by atoms with Crippen LogP contribution in [0.15, 0.2) is 0 Å². The lowest BCUT2D eigenvalue weighted by atomic mass is 10.2. The number of aryl methyl sites for hydroxylation is 1. The van der Waals surface area contributed by atoms with E-state index in [1.807, 2.05) is 0 Å². The second kappa shape index (κ2) is 8.26. The highest BCUT2D eigenvalue weighted by atomic mass is 16.5. The van der Waals surface area contributed by atoms with Crippen LogP contribution in [0.4, 0.5) is 0 Å². The van der Waals surface area contributed by atoms with Crippen LogP contribution in [0.25, 0.3) is 0 Å². The summed E-state index contributed by atoms with van der Waals surface area (Å²) >= 11 is 0. The van der Waals surface area contributed by atoms with Crippen LogP contribution >= 0.6 is 0 Å². The molecule has 0 radical (unpaired) electrons. The first-order chi connectivity index (χ1) is 9.65. The van der Waals surface area contributed by atoms with Crippen molar-refractivity contribution < 1.29 is 24.2 Å². The molecule has 0 amide bonds. The van der Waals surface area contributed by atoms with Gasteiger partial charge < -0.3 is 14.6 Å². The fourth-order valence-electron chi connectivity index (χ4n) is 1.73. The maximum absolute atomic E-state index is 11.7. The van der Waals surface area contributed by atoms with Gasteiger partial charge in [-0.3, -0.25) is 0 Å². The van der Waals surface area contributed by atoms with E-state index in [1.54, 1.807) is 0 Å². The van der Waals surface area contributed by atoms with Crippen molar-refractivity contribution in [3.05, 3.63) is 11.4 Å². The van der Waals surface area contributed by atoms with Crippen molar-refractivity contribution in [1.29, 1.82) is 0 Å². The van der Waals surface area contributed by atoms with Crippen molar-refractivity contribution in [2.24, 2.45) is 0 Å². The van der Waals surface area contributed by atoms with E-state index >= 15 is 0 Å². The Kier molecular flexibility index (Phi) is 6.65. The number of carbonyl (C=O) groups is 2. The predicted octanol–water partition coefficient (Wildman–Crippen LogP) is 0.404. The second-order valence-electron chi connectivity index (χ2n) is 4.13. The highest BCUT2D eigenvalue weighted by Crippen LogP contribution is 2.11. The van der Waals surface area contributed by atoms with E-state index in [0.29, 0.717) is 6.54 Å². The summed E-state index contributed by atoms with van der Waals surface area (Å²) < 4.78 is 10.5. The van der Waals surface area contributed by atoms with E-state index in [-0.39, 0.29) is 18.0 Å². The number of hydrogen-bond acceptors (Lipinski definition) is 7. The fourth-order valence-corrected chi connectivity index (χ4v) is 1.73. The number of hydrogen-bond donors (Lipinski definition) is 1. The summed E-state index contributed by atoms with van der Waals surface area (Å²) in [4.78, 5) is 23.2. The summed E-state index contributed by atoms with van der Waals surface area (Å²) in [7, 11) is 2.43. The van der Waals surface area contributed by atoms with Crippen molar-refractivity contribution in [2.75, 3.05) is 20.8 Å². The van der Waals surface area contributed by atoms with Crippen molar-refractivity contribution in [3.8, 4) is 0 Å². The first-order valence-electron chi connectivity index (χ1n) is 6.36. The third kappa shape index (κ3) is 4.02. The van der Waals surface area contributed by atoms with Crippen LogP contribution in [0, 0.1) is 0 Å². The van der Waals surface area contributed by atoms with E-state index in [2.05, 4.69) is 19.8 Å². The highest BCUT2D eigenvalue weighted by Gasteiger charge is 2.26. The third-order valence-corrected chi connectivity index (χ3v) is 2.77. The molecule has 0 aliphatic carbocycles. The number of ether oxygens (including phenoxy) is 2. The summed E-state index contributed by atoms with van der Waals surface area (Å²) in [5, 5.41) is 16.1. The highest BCUT2D eigenvalue weighted by molar-refractivity contribution is 6.00. The van der Waals surface area contributed by atoms with E-state index < -0.39 is 11.9 Å². The zero-order valence-corrected chi connectivity index (χ0v) is 11.7. The molecular formula is C12H19N3O5. The van der Waals surface area contributed by atoms with E-state index in [1.165, 1.54) is 18.9 Å². The van der Waals surface area contributed by atoms with Crippen molar-refractivity contribution in [1.82, 2.24) is 15.0 Å². The molecule has 1 aromatic heterocycles. The van der Waals surface area contributed by atoms with Crippen LogP contribution < -0.4 is 0 Å². The lowest BCUT2D eigenvalue weighted by Gasteiger charge is -2.05. The molecule has 1 rings (SSSR count). The molecule has 1 heterocycles. The van der Waals surface area contributed by atoms with E-state index in [0.717, 1.165) is 25.7 Å². The van der Waals surface area contributed by atoms with Gasteiger partial charge in [0.15, 0.2) is 5.69 Å². The minimum absolute atomic E-state index is 0.00140. The molecule has 8 nitrogen and oxygen atoms in total. The molecule has 0 fully saturated rings. The molecule has 20 heavy (non-hydrogen) atoms. The SMILES string of the molecule is COC(=O)c1nnn(CCCCCCO)c1C(=O)OC. The Labute approximate surface area is 116 Å². The summed E-state index contributed by atoms with van der Waals surface area (Å²) in [5.41, 5.74) is -0.142.